The molecule has 0 aromatic carbocycles. The summed E-state index contributed by atoms with van der Waals surface area (Å²) in [4.78, 5) is 10.4. The van der Waals surface area contributed by atoms with E-state index in [1.165, 1.54) is 0 Å². The molecule has 0 radical (unpaired) electrons. The van der Waals surface area contributed by atoms with Crippen molar-refractivity contribution in [3.8, 4) is 0 Å². The summed E-state index contributed by atoms with van der Waals surface area (Å²) < 4.78 is 26.2. The molecule has 0 heterocycles. The lowest BCUT2D eigenvalue weighted by atomic mass is 9.80. The number of primary amides is 1. The summed E-state index contributed by atoms with van der Waals surface area (Å²) in [5, 5.41) is 9.52. The predicted octanol–water partition coefficient (Wildman–Crippen LogP) is 0.802. The van der Waals surface area contributed by atoms with Crippen molar-refractivity contribution in [2.24, 2.45) is 5.73 Å². The summed E-state index contributed by atoms with van der Waals surface area (Å²) >= 11 is 0. The maximum absolute atomic E-state index is 13.1. The zero-order valence-corrected chi connectivity index (χ0v) is 7.22. The van der Waals surface area contributed by atoms with Gasteiger partial charge in [0.25, 0.3) is 5.91 Å². The first kappa shape index (κ1) is 10.4. The topological polar surface area (TPSA) is 63.3 Å². The molecule has 0 bridgehead atoms. The number of carbonyl (C=O) groups is 1. The van der Waals surface area contributed by atoms with Crippen LogP contribution in [0.4, 0.5) is 8.78 Å². The summed E-state index contributed by atoms with van der Waals surface area (Å²) in [5.41, 5.74) is 2.33. The van der Waals surface area contributed by atoms with E-state index in [2.05, 4.69) is 5.73 Å². The molecular weight excluding hydrogens is 180 g/mol. The number of carbonyl (C=O) groups excluding carboxylic acids is 1. The average molecular weight is 193 g/mol. The molecule has 3 nitrogen and oxygen atoms in total. The first-order valence-electron chi connectivity index (χ1n) is 4.30. The Hall–Kier alpha value is -0.710. The van der Waals surface area contributed by atoms with Crippen molar-refractivity contribution in [3.63, 3.8) is 0 Å². The molecule has 0 unspecified atom stereocenters. The minimum atomic E-state index is -3.80. The van der Waals surface area contributed by atoms with Crippen LogP contribution in [0.5, 0.6) is 0 Å². The summed E-state index contributed by atoms with van der Waals surface area (Å²) in [7, 11) is 0. The van der Waals surface area contributed by atoms with Gasteiger partial charge in [-0.05, 0) is 12.8 Å². The molecule has 1 aliphatic rings. The molecule has 13 heavy (non-hydrogen) atoms. The average Bonchev–Trinajstić information content (AvgIpc) is 2.05. The second-order valence-corrected chi connectivity index (χ2v) is 3.53. The minimum absolute atomic E-state index is 0.0526. The summed E-state index contributed by atoms with van der Waals surface area (Å²) in [6.07, 6.45) is 1.74. The molecule has 5 heteroatoms. The monoisotopic (exact) mass is 193 g/mol. The van der Waals surface area contributed by atoms with Crippen molar-refractivity contribution in [1.29, 1.82) is 0 Å². The summed E-state index contributed by atoms with van der Waals surface area (Å²) in [6, 6.07) is 0. The molecule has 1 aliphatic carbocycles. The van der Waals surface area contributed by atoms with Crippen LogP contribution in [0, 0.1) is 0 Å². The number of hydrogen-bond donors (Lipinski definition) is 2. The Bertz CT molecular complexity index is 212. The SMILES string of the molecule is NC(=O)C(F)(F)C1(O)CCCCC1. The second-order valence-electron chi connectivity index (χ2n) is 3.53. The molecule has 0 atom stereocenters. The molecular formula is C8H13F2NO2. The molecule has 1 fully saturated rings. The van der Waals surface area contributed by atoms with Crippen LogP contribution in [-0.4, -0.2) is 22.5 Å². The lowest BCUT2D eigenvalue weighted by molar-refractivity contribution is -0.198. The normalized spacial score (nSPS) is 22.7. The molecule has 1 amide bonds. The van der Waals surface area contributed by atoms with Crippen LogP contribution in [0.25, 0.3) is 0 Å². The number of halogens is 2. The number of amides is 1. The molecule has 0 spiro atoms. The van der Waals surface area contributed by atoms with Crippen LogP contribution >= 0.6 is 0 Å². The van der Waals surface area contributed by atoms with Gasteiger partial charge in [0, 0.05) is 0 Å². The van der Waals surface area contributed by atoms with Crippen molar-refractivity contribution >= 4 is 5.91 Å². The number of rotatable bonds is 2. The van der Waals surface area contributed by atoms with Gasteiger partial charge in [0.05, 0.1) is 0 Å². The van der Waals surface area contributed by atoms with E-state index in [9.17, 15) is 18.7 Å². The Kier molecular flexibility index (Phi) is 2.56. The van der Waals surface area contributed by atoms with E-state index in [1.54, 1.807) is 0 Å². The molecule has 0 aliphatic heterocycles. The Morgan fingerprint density at radius 1 is 1.31 bits per heavy atom. The van der Waals surface area contributed by atoms with E-state index in [0.717, 1.165) is 6.42 Å². The van der Waals surface area contributed by atoms with Crippen LogP contribution < -0.4 is 5.73 Å². The fraction of sp³-hybridized carbons (Fsp3) is 0.875. The largest absolute Gasteiger partial charge is 0.383 e. The van der Waals surface area contributed by atoms with Crippen LogP contribution in [-0.2, 0) is 4.79 Å². The third-order valence-corrected chi connectivity index (χ3v) is 2.57. The minimum Gasteiger partial charge on any atom is -0.383 e. The van der Waals surface area contributed by atoms with Crippen LogP contribution in [0.15, 0.2) is 0 Å². The summed E-state index contributed by atoms with van der Waals surface area (Å²) in [6.45, 7) is 0. The summed E-state index contributed by atoms with van der Waals surface area (Å²) in [5.74, 6) is -5.54. The van der Waals surface area contributed by atoms with Gasteiger partial charge >= 0.3 is 5.92 Å². The standard InChI is InChI=1S/C8H13F2NO2/c9-8(10,6(11)12)7(13)4-2-1-3-5-7/h13H,1-5H2,(H2,11,12). The molecule has 0 saturated heterocycles. The quantitative estimate of drug-likeness (QED) is 0.681. The maximum atomic E-state index is 13.1. The Labute approximate surface area is 74.9 Å². The van der Waals surface area contributed by atoms with E-state index in [1.807, 2.05) is 0 Å². The lowest BCUT2D eigenvalue weighted by Crippen LogP contribution is -2.56. The van der Waals surface area contributed by atoms with E-state index >= 15 is 0 Å². The van der Waals surface area contributed by atoms with Gasteiger partial charge < -0.3 is 10.8 Å². The number of nitrogens with two attached hydrogens (primary N) is 1. The maximum Gasteiger partial charge on any atom is 0.352 e. The van der Waals surface area contributed by atoms with E-state index in [0.29, 0.717) is 12.8 Å². The van der Waals surface area contributed by atoms with Gasteiger partial charge in [-0.1, -0.05) is 19.3 Å². The number of aliphatic hydroxyl groups is 1. The predicted molar refractivity (Wildman–Crippen MR) is 42.2 cm³/mol. The highest BCUT2D eigenvalue weighted by molar-refractivity contribution is 5.83. The zero-order chi connectivity index (χ0) is 10.1. The van der Waals surface area contributed by atoms with Gasteiger partial charge in [0.1, 0.15) is 5.60 Å². The van der Waals surface area contributed by atoms with Crippen molar-refractivity contribution in [2.45, 2.75) is 43.6 Å². The van der Waals surface area contributed by atoms with Crippen LogP contribution in [0.2, 0.25) is 0 Å². The molecule has 0 aromatic heterocycles. The molecule has 1 saturated carbocycles. The van der Waals surface area contributed by atoms with Crippen molar-refractivity contribution in [3.05, 3.63) is 0 Å². The lowest BCUT2D eigenvalue weighted by Gasteiger charge is -2.36. The van der Waals surface area contributed by atoms with Crippen LogP contribution in [0.1, 0.15) is 32.1 Å². The smallest absolute Gasteiger partial charge is 0.352 e. The number of hydrogen-bond acceptors (Lipinski definition) is 2. The van der Waals surface area contributed by atoms with Gasteiger partial charge in [-0.15, -0.1) is 0 Å². The third-order valence-electron chi connectivity index (χ3n) is 2.57. The van der Waals surface area contributed by atoms with Gasteiger partial charge in [-0.25, -0.2) is 0 Å². The highest BCUT2D eigenvalue weighted by Gasteiger charge is 2.57. The first-order chi connectivity index (χ1) is 5.90. The van der Waals surface area contributed by atoms with Gasteiger partial charge in [-0.3, -0.25) is 4.79 Å². The van der Waals surface area contributed by atoms with Gasteiger partial charge in [0.15, 0.2) is 0 Å². The zero-order valence-electron chi connectivity index (χ0n) is 7.22. The number of alkyl halides is 2. The van der Waals surface area contributed by atoms with Crippen LogP contribution in [0.3, 0.4) is 0 Å². The van der Waals surface area contributed by atoms with E-state index < -0.39 is 17.4 Å². The van der Waals surface area contributed by atoms with Crippen molar-refractivity contribution < 1.29 is 18.7 Å². The molecule has 1 rings (SSSR count). The highest BCUT2D eigenvalue weighted by atomic mass is 19.3. The van der Waals surface area contributed by atoms with Gasteiger partial charge in [0.2, 0.25) is 0 Å². The Balaban J connectivity index is 2.82. The second kappa shape index (κ2) is 3.21. The third kappa shape index (κ3) is 1.65. The van der Waals surface area contributed by atoms with E-state index in [-0.39, 0.29) is 12.8 Å². The molecule has 0 aromatic rings. The Morgan fingerprint density at radius 2 is 1.77 bits per heavy atom. The fourth-order valence-electron chi connectivity index (χ4n) is 1.68. The van der Waals surface area contributed by atoms with Crippen molar-refractivity contribution in [2.75, 3.05) is 0 Å². The highest BCUT2D eigenvalue weighted by Crippen LogP contribution is 2.40. The van der Waals surface area contributed by atoms with E-state index in [4.69, 9.17) is 0 Å². The Morgan fingerprint density at radius 3 is 2.15 bits per heavy atom. The first-order valence-corrected chi connectivity index (χ1v) is 4.30. The molecule has 76 valence electrons. The van der Waals surface area contributed by atoms with Crippen molar-refractivity contribution in [1.82, 2.24) is 0 Å². The molecule has 3 N–H and O–H groups in total. The van der Waals surface area contributed by atoms with Gasteiger partial charge in [-0.2, -0.15) is 8.78 Å². The fourth-order valence-corrected chi connectivity index (χ4v) is 1.68.